The van der Waals surface area contributed by atoms with Gasteiger partial charge >= 0.3 is 0 Å². The Bertz CT molecular complexity index is 1030. The third kappa shape index (κ3) is 6.72. The Morgan fingerprint density at radius 3 is 2.53 bits per heavy atom. The Labute approximate surface area is 225 Å². The molecule has 208 valence electrons. The highest BCUT2D eigenvalue weighted by molar-refractivity contribution is 6.43. The fourth-order valence-electron chi connectivity index (χ4n) is 6.26. The quantitative estimate of drug-likeness (QED) is 0.437. The number of nitrogens with two attached hydrogens (primary N) is 1. The maximum atomic E-state index is 15.8. The van der Waals surface area contributed by atoms with Crippen molar-refractivity contribution in [2.75, 3.05) is 20.1 Å². The van der Waals surface area contributed by atoms with Gasteiger partial charge in [0.1, 0.15) is 17.4 Å². The van der Waals surface area contributed by atoms with Crippen LogP contribution in [-0.4, -0.2) is 60.5 Å². The Morgan fingerprint density at radius 2 is 1.89 bits per heavy atom. The van der Waals surface area contributed by atoms with Gasteiger partial charge in [-0.3, -0.25) is 19.6 Å². The molecule has 2 unspecified atom stereocenters. The molecule has 0 bridgehead atoms. The summed E-state index contributed by atoms with van der Waals surface area (Å²) < 4.78 is 15.8. The number of likely N-dealkylation sites (tertiary alicyclic amines) is 1. The number of hydrogen-bond donors (Lipinski definition) is 3. The Balaban J connectivity index is 1.49. The van der Waals surface area contributed by atoms with Crippen LogP contribution in [0.3, 0.4) is 0 Å². The fourth-order valence-corrected chi connectivity index (χ4v) is 6.26. The minimum absolute atomic E-state index is 0.110. The van der Waals surface area contributed by atoms with Gasteiger partial charge in [-0.15, -0.1) is 0 Å². The van der Waals surface area contributed by atoms with E-state index < -0.39 is 0 Å². The van der Waals surface area contributed by atoms with Crippen molar-refractivity contribution in [2.24, 2.45) is 27.6 Å². The lowest BCUT2D eigenvalue weighted by atomic mass is 9.85. The molecular weight excluding hydrogens is 483 g/mol. The van der Waals surface area contributed by atoms with Crippen LogP contribution in [-0.2, 0) is 9.59 Å². The SMILES string of the molecule is CN=C(C=CN)C(=O)NC(C1=NC2CC=C(CC3CCN(C(C)=O)CC3)C(F)=C2N1)C1CCCCCCC1. The minimum atomic E-state index is -0.339. The summed E-state index contributed by atoms with van der Waals surface area (Å²) in [6, 6.07) is -0.627. The number of piperidine rings is 1. The first-order valence-electron chi connectivity index (χ1n) is 14.3. The number of nitrogens with one attached hydrogen (secondary N) is 2. The van der Waals surface area contributed by atoms with E-state index in [9.17, 15) is 9.59 Å². The normalized spacial score (nSPS) is 24.8. The van der Waals surface area contributed by atoms with E-state index in [1.807, 2.05) is 11.0 Å². The molecule has 0 aromatic carbocycles. The largest absolute Gasteiger partial charge is 0.405 e. The van der Waals surface area contributed by atoms with Gasteiger partial charge in [-0.25, -0.2) is 4.39 Å². The van der Waals surface area contributed by atoms with E-state index in [0.29, 0.717) is 30.3 Å². The molecule has 1 saturated carbocycles. The Kier molecular flexibility index (Phi) is 9.74. The van der Waals surface area contributed by atoms with Crippen LogP contribution in [0.25, 0.3) is 0 Å². The number of allylic oxidation sites excluding steroid dienone is 2. The summed E-state index contributed by atoms with van der Waals surface area (Å²) in [5.41, 5.74) is 7.04. The number of aliphatic imine (C=N–C) groups is 2. The van der Waals surface area contributed by atoms with Crippen molar-refractivity contribution in [1.29, 1.82) is 0 Å². The maximum absolute atomic E-state index is 15.8. The average molecular weight is 527 g/mol. The second kappa shape index (κ2) is 13.2. The molecule has 0 radical (unpaired) electrons. The molecule has 4 aliphatic rings. The first-order valence-corrected chi connectivity index (χ1v) is 14.3. The summed E-state index contributed by atoms with van der Waals surface area (Å²) in [7, 11) is 1.57. The van der Waals surface area contributed by atoms with Crippen LogP contribution in [0.15, 0.2) is 45.4 Å². The van der Waals surface area contributed by atoms with Gasteiger partial charge in [-0.1, -0.05) is 38.2 Å². The Morgan fingerprint density at radius 1 is 1.21 bits per heavy atom. The van der Waals surface area contributed by atoms with E-state index in [1.54, 1.807) is 14.0 Å². The first kappa shape index (κ1) is 28.0. The van der Waals surface area contributed by atoms with E-state index in [-0.39, 0.29) is 41.4 Å². The van der Waals surface area contributed by atoms with Crippen molar-refractivity contribution in [1.82, 2.24) is 15.5 Å². The van der Waals surface area contributed by atoms with Crippen LogP contribution in [0.5, 0.6) is 0 Å². The predicted octanol–water partition coefficient (Wildman–Crippen LogP) is 3.91. The van der Waals surface area contributed by atoms with Crippen LogP contribution in [0.1, 0.15) is 77.6 Å². The number of nitrogens with zero attached hydrogens (tertiary/aromatic N) is 3. The molecule has 2 fully saturated rings. The second-order valence-electron chi connectivity index (χ2n) is 11.0. The summed E-state index contributed by atoms with van der Waals surface area (Å²) in [6.45, 7) is 3.09. The smallest absolute Gasteiger partial charge is 0.270 e. The summed E-state index contributed by atoms with van der Waals surface area (Å²) in [6.07, 6.45) is 15.7. The molecule has 2 atom stereocenters. The van der Waals surface area contributed by atoms with Crippen molar-refractivity contribution in [3.05, 3.63) is 35.4 Å². The van der Waals surface area contributed by atoms with Crippen molar-refractivity contribution in [3.8, 4) is 0 Å². The van der Waals surface area contributed by atoms with Crippen LogP contribution in [0, 0.1) is 11.8 Å². The van der Waals surface area contributed by atoms with Gasteiger partial charge in [-0.2, -0.15) is 0 Å². The molecule has 0 aromatic rings. The summed E-state index contributed by atoms with van der Waals surface area (Å²) in [5.74, 6) is 0.831. The molecule has 8 nitrogen and oxygen atoms in total. The first-order chi connectivity index (χ1) is 18.4. The molecule has 2 heterocycles. The standard InChI is InChI=1S/C29H43FN6O2/c1-19(37)36-16-13-20(14-17-36)18-22-10-11-23-27(25(22)30)34-28(33-23)26(21-8-6-4-3-5-7-9-21)35-29(38)24(32-2)12-15-31/h10,12,15,20-21,23,26H,3-9,11,13-14,16-18,31H2,1-2H3,(H,33,34)(H,35,38). The van der Waals surface area contributed by atoms with Crippen LogP contribution in [0.4, 0.5) is 4.39 Å². The number of halogens is 1. The van der Waals surface area contributed by atoms with E-state index in [2.05, 4.69) is 15.6 Å². The van der Waals surface area contributed by atoms with Crippen molar-refractivity contribution >= 4 is 23.4 Å². The lowest BCUT2D eigenvalue weighted by Gasteiger charge is -2.32. The lowest BCUT2D eigenvalue weighted by Crippen LogP contribution is -2.51. The van der Waals surface area contributed by atoms with Gasteiger partial charge < -0.3 is 21.3 Å². The van der Waals surface area contributed by atoms with E-state index in [0.717, 1.165) is 57.2 Å². The third-order valence-electron chi connectivity index (χ3n) is 8.50. The van der Waals surface area contributed by atoms with Gasteiger partial charge in [0.2, 0.25) is 5.91 Å². The zero-order valence-corrected chi connectivity index (χ0v) is 22.8. The lowest BCUT2D eigenvalue weighted by molar-refractivity contribution is -0.130. The van der Waals surface area contributed by atoms with Crippen molar-refractivity contribution < 1.29 is 14.0 Å². The number of carbonyl (C=O) groups is 2. The third-order valence-corrected chi connectivity index (χ3v) is 8.50. The zero-order valence-electron chi connectivity index (χ0n) is 22.8. The molecule has 2 aliphatic heterocycles. The minimum Gasteiger partial charge on any atom is -0.405 e. The van der Waals surface area contributed by atoms with Gasteiger partial charge in [0.25, 0.3) is 5.91 Å². The van der Waals surface area contributed by atoms with Gasteiger partial charge in [0.05, 0.1) is 17.8 Å². The number of fused-ring (bicyclic) bond motifs is 1. The zero-order chi connectivity index (χ0) is 27.1. The van der Waals surface area contributed by atoms with Crippen LogP contribution < -0.4 is 16.4 Å². The maximum Gasteiger partial charge on any atom is 0.270 e. The Hall–Kier alpha value is -2.97. The number of carbonyl (C=O) groups excluding carboxylic acids is 2. The topological polar surface area (TPSA) is 112 Å². The van der Waals surface area contributed by atoms with Crippen molar-refractivity contribution in [2.45, 2.75) is 89.6 Å². The molecule has 0 aromatic heterocycles. The molecular formula is C29H43FN6O2. The summed E-state index contributed by atoms with van der Waals surface area (Å²) in [5, 5.41) is 6.49. The molecule has 0 spiro atoms. The summed E-state index contributed by atoms with van der Waals surface area (Å²) >= 11 is 0. The van der Waals surface area contributed by atoms with Crippen LogP contribution >= 0.6 is 0 Å². The second-order valence-corrected chi connectivity index (χ2v) is 11.0. The molecule has 9 heteroatoms. The highest BCUT2D eigenvalue weighted by Gasteiger charge is 2.37. The van der Waals surface area contributed by atoms with Crippen LogP contribution in [0.2, 0.25) is 0 Å². The molecule has 38 heavy (non-hydrogen) atoms. The van der Waals surface area contributed by atoms with Gasteiger partial charge in [0.15, 0.2) is 0 Å². The predicted molar refractivity (Wildman–Crippen MR) is 149 cm³/mol. The van der Waals surface area contributed by atoms with E-state index >= 15 is 4.39 Å². The van der Waals surface area contributed by atoms with E-state index in [4.69, 9.17) is 10.7 Å². The van der Waals surface area contributed by atoms with Crippen molar-refractivity contribution in [3.63, 3.8) is 0 Å². The van der Waals surface area contributed by atoms with Gasteiger partial charge in [-0.05, 0) is 68.2 Å². The highest BCUT2D eigenvalue weighted by atomic mass is 19.1. The number of amides is 2. The highest BCUT2D eigenvalue weighted by Crippen LogP contribution is 2.36. The fraction of sp³-hybridized carbons (Fsp3) is 0.655. The summed E-state index contributed by atoms with van der Waals surface area (Å²) in [4.78, 5) is 35.6. The van der Waals surface area contributed by atoms with E-state index in [1.165, 1.54) is 31.5 Å². The monoisotopic (exact) mass is 526 g/mol. The number of hydrogen-bond acceptors (Lipinski definition) is 6. The molecule has 2 amide bonds. The molecule has 4 N–H and O–H groups in total. The molecule has 4 rings (SSSR count). The number of rotatable bonds is 7. The molecule has 2 aliphatic carbocycles. The average Bonchev–Trinajstić information content (AvgIpc) is 3.33. The molecule has 1 saturated heterocycles. The number of amidine groups is 1. The van der Waals surface area contributed by atoms with Gasteiger partial charge in [0, 0.05) is 27.1 Å².